The van der Waals surface area contributed by atoms with Gasteiger partial charge in [-0.2, -0.15) is 8.78 Å². The number of hydrogen-bond donors (Lipinski definition) is 2. The van der Waals surface area contributed by atoms with E-state index >= 15 is 4.39 Å². The lowest BCUT2D eigenvalue weighted by atomic mass is 9.80. The van der Waals surface area contributed by atoms with Crippen molar-refractivity contribution in [2.75, 3.05) is 6.61 Å². The van der Waals surface area contributed by atoms with Gasteiger partial charge >= 0.3 is 18.4 Å². The molecule has 2 N–H and O–H groups in total. The number of carbonyl (C=O) groups excluding carboxylic acids is 1. The zero-order valence-corrected chi connectivity index (χ0v) is 23.9. The number of nitrogens with zero attached hydrogens (tertiary/aromatic N) is 1. The minimum absolute atomic E-state index is 0.0526. The smallest absolute Gasteiger partial charge is 0.340 e. The summed E-state index contributed by atoms with van der Waals surface area (Å²) in [4.78, 5) is 17.9. The number of rotatable bonds is 10. The van der Waals surface area contributed by atoms with Crippen LogP contribution < -0.4 is 15.4 Å². The van der Waals surface area contributed by atoms with Crippen molar-refractivity contribution in [3.05, 3.63) is 94.5 Å². The highest BCUT2D eigenvalue weighted by Crippen LogP contribution is 2.47. The average Bonchev–Trinajstić information content (AvgIpc) is 3.44. The fourth-order valence-electron chi connectivity index (χ4n) is 4.69. The van der Waals surface area contributed by atoms with E-state index in [9.17, 15) is 22.4 Å². The Kier molecular flexibility index (Phi) is 9.76. The van der Waals surface area contributed by atoms with E-state index in [1.54, 1.807) is 24.3 Å². The van der Waals surface area contributed by atoms with Crippen LogP contribution >= 0.6 is 34.2 Å². The van der Waals surface area contributed by atoms with Crippen LogP contribution in [0.4, 0.5) is 26.7 Å². The molecule has 0 bridgehead atoms. The monoisotopic (exact) mass is 693 g/mol. The first-order valence-electron chi connectivity index (χ1n) is 12.5. The third-order valence-corrected chi connectivity index (χ3v) is 8.56. The third-order valence-electron chi connectivity index (χ3n) is 6.68. The number of benzene rings is 2. The van der Waals surface area contributed by atoms with Gasteiger partial charge in [-0.1, -0.05) is 77.4 Å². The molecule has 0 radical (unpaired) electrons. The van der Waals surface area contributed by atoms with Crippen LogP contribution in [-0.4, -0.2) is 36.0 Å². The second-order valence-electron chi connectivity index (χ2n) is 9.55. The van der Waals surface area contributed by atoms with Gasteiger partial charge in [0.05, 0.1) is 14.6 Å². The van der Waals surface area contributed by atoms with E-state index in [1.165, 1.54) is 12.3 Å². The average molecular weight is 694 g/mol. The van der Waals surface area contributed by atoms with Crippen LogP contribution in [0.1, 0.15) is 46.4 Å². The van der Waals surface area contributed by atoms with Crippen LogP contribution in [-0.2, 0) is 5.54 Å². The van der Waals surface area contributed by atoms with E-state index in [-0.39, 0.29) is 17.3 Å². The lowest BCUT2D eigenvalue weighted by Gasteiger charge is -2.40. The predicted molar refractivity (Wildman–Crippen MR) is 150 cm³/mol. The first-order chi connectivity index (χ1) is 19.0. The molecule has 2 aromatic carbocycles. The van der Waals surface area contributed by atoms with Crippen molar-refractivity contribution < 1.29 is 31.5 Å². The molecule has 40 heavy (non-hydrogen) atoms. The van der Waals surface area contributed by atoms with Gasteiger partial charge in [0, 0.05) is 18.3 Å². The summed E-state index contributed by atoms with van der Waals surface area (Å²) in [5.41, 5.74) is -0.476. The van der Waals surface area contributed by atoms with Crippen LogP contribution in [0, 0.1) is 5.82 Å². The number of halogens is 7. The predicted octanol–water partition coefficient (Wildman–Crippen LogP) is 7.82. The fraction of sp³-hybridized carbons (Fsp3) is 0.357. The van der Waals surface area contributed by atoms with E-state index < -0.39 is 46.0 Å². The van der Waals surface area contributed by atoms with Gasteiger partial charge < -0.3 is 15.4 Å². The molecular weight excluding hydrogens is 668 g/mol. The number of ether oxygens (including phenoxy) is 1. The van der Waals surface area contributed by atoms with Gasteiger partial charge in [0.1, 0.15) is 17.1 Å². The van der Waals surface area contributed by atoms with Gasteiger partial charge in [-0.05, 0) is 48.2 Å². The number of urea groups is 1. The first kappa shape index (κ1) is 30.3. The van der Waals surface area contributed by atoms with Crippen molar-refractivity contribution in [3.63, 3.8) is 0 Å². The summed E-state index contributed by atoms with van der Waals surface area (Å²) in [6.07, 6.45) is 0.972. The summed E-state index contributed by atoms with van der Waals surface area (Å²) in [5.74, 6) is -5.75. The standard InChI is InChI=1S/C28H26ClF5IN3O2/c29-19-10-11-23(36-15-19)28(24(35)17-6-2-1-3-7-17,38-26(39)37-21-8-4-5-9-21)18-12-20(30)14-22(13-18)40-16-27(33,34)25(31)32/h1-3,6-7,10-15,21,24-25H,4-5,8-9,16H2,(H2,37,38,39). The summed E-state index contributed by atoms with van der Waals surface area (Å²) in [5, 5.41) is 6.28. The normalized spacial score (nSPS) is 16.4. The number of alkyl halides is 5. The Morgan fingerprint density at radius 2 is 1.80 bits per heavy atom. The molecule has 0 saturated heterocycles. The van der Waals surface area contributed by atoms with Gasteiger partial charge in [-0.25, -0.2) is 18.0 Å². The maximum Gasteiger partial charge on any atom is 0.340 e. The zero-order valence-electron chi connectivity index (χ0n) is 21.0. The molecule has 1 saturated carbocycles. The Hall–Kier alpha value is -2.67. The second-order valence-corrected chi connectivity index (χ2v) is 11.2. The molecule has 0 spiro atoms. The minimum atomic E-state index is -4.45. The van der Waals surface area contributed by atoms with Gasteiger partial charge in [-0.3, -0.25) is 4.98 Å². The molecule has 3 aromatic rings. The van der Waals surface area contributed by atoms with Crippen LogP contribution in [0.5, 0.6) is 5.75 Å². The third kappa shape index (κ3) is 6.96. The number of hydrogen-bond acceptors (Lipinski definition) is 3. The lowest BCUT2D eigenvalue weighted by molar-refractivity contribution is -0.148. The summed E-state index contributed by atoms with van der Waals surface area (Å²) >= 11 is 8.21. The van der Waals surface area contributed by atoms with Gasteiger partial charge in [0.2, 0.25) is 0 Å². The molecule has 2 atom stereocenters. The van der Waals surface area contributed by atoms with Gasteiger partial charge in [-0.15, -0.1) is 0 Å². The summed E-state index contributed by atoms with van der Waals surface area (Å²) in [6.45, 7) is -1.66. The number of aromatic nitrogens is 1. The zero-order chi connectivity index (χ0) is 28.9. The van der Waals surface area contributed by atoms with Crippen molar-refractivity contribution in [2.45, 2.75) is 53.5 Å². The second kappa shape index (κ2) is 12.9. The molecule has 2 unspecified atom stereocenters. The van der Waals surface area contributed by atoms with Crippen LogP contribution in [0.15, 0.2) is 66.9 Å². The first-order valence-corrected chi connectivity index (χ1v) is 14.1. The number of pyridine rings is 1. The van der Waals surface area contributed by atoms with Gasteiger partial charge in [0.25, 0.3) is 0 Å². The number of carbonyl (C=O) groups is 1. The maximum atomic E-state index is 15.1. The summed E-state index contributed by atoms with van der Waals surface area (Å²) in [6, 6.07) is 14.8. The fourth-order valence-corrected chi connectivity index (χ4v) is 6.05. The molecule has 5 nitrogen and oxygen atoms in total. The topological polar surface area (TPSA) is 63.2 Å². The SMILES string of the molecule is O=C(NC1CCCC1)NC(c1cc(F)cc(OCC(F)(F)C(F)F)c1)(c1ccc(Cl)cn1)C(I)c1ccccc1. The highest BCUT2D eigenvalue weighted by molar-refractivity contribution is 14.1. The summed E-state index contributed by atoms with van der Waals surface area (Å²) in [7, 11) is 0. The van der Waals surface area contributed by atoms with Crippen LogP contribution in [0.3, 0.4) is 0 Å². The summed E-state index contributed by atoms with van der Waals surface area (Å²) < 4.78 is 72.1. The number of amides is 2. The minimum Gasteiger partial charge on any atom is -0.487 e. The molecule has 214 valence electrons. The molecule has 1 fully saturated rings. The van der Waals surface area contributed by atoms with Gasteiger partial charge in [0.15, 0.2) is 6.61 Å². The molecule has 1 heterocycles. The molecular formula is C28H26ClF5IN3O2. The van der Waals surface area contributed by atoms with E-state index in [4.69, 9.17) is 16.3 Å². The molecule has 2 amide bonds. The highest BCUT2D eigenvalue weighted by atomic mass is 127. The molecule has 0 aliphatic heterocycles. The molecule has 12 heteroatoms. The van der Waals surface area contributed by atoms with E-state index in [0.29, 0.717) is 5.02 Å². The Bertz CT molecular complexity index is 1300. The highest BCUT2D eigenvalue weighted by Gasteiger charge is 2.46. The molecule has 4 rings (SSSR count). The van der Waals surface area contributed by atoms with E-state index in [1.807, 2.05) is 18.2 Å². The van der Waals surface area contributed by atoms with Crippen LogP contribution in [0.25, 0.3) is 0 Å². The van der Waals surface area contributed by atoms with Crippen molar-refractivity contribution >= 4 is 40.2 Å². The Labute approximate surface area is 247 Å². The lowest BCUT2D eigenvalue weighted by Crippen LogP contribution is -2.54. The maximum absolute atomic E-state index is 15.1. The van der Waals surface area contributed by atoms with Crippen molar-refractivity contribution in [1.29, 1.82) is 0 Å². The largest absolute Gasteiger partial charge is 0.487 e. The molecule has 1 aliphatic rings. The Balaban J connectivity index is 1.86. The van der Waals surface area contributed by atoms with E-state index in [0.717, 1.165) is 43.4 Å². The van der Waals surface area contributed by atoms with Crippen molar-refractivity contribution in [1.82, 2.24) is 15.6 Å². The Morgan fingerprint density at radius 3 is 2.42 bits per heavy atom. The molecule has 1 aromatic heterocycles. The number of nitrogens with one attached hydrogen (secondary N) is 2. The quantitative estimate of drug-likeness (QED) is 0.129. The van der Waals surface area contributed by atoms with E-state index in [2.05, 4.69) is 38.2 Å². The molecule has 1 aliphatic carbocycles. The van der Waals surface area contributed by atoms with Crippen LogP contribution in [0.2, 0.25) is 5.02 Å². The van der Waals surface area contributed by atoms with Crippen molar-refractivity contribution in [2.24, 2.45) is 0 Å². The Morgan fingerprint density at radius 1 is 1.10 bits per heavy atom. The van der Waals surface area contributed by atoms with Crippen molar-refractivity contribution in [3.8, 4) is 5.75 Å².